The predicted molar refractivity (Wildman–Crippen MR) is 68.3 cm³/mol. The molecule has 20 heavy (non-hydrogen) atoms. The standard InChI is InChI=1S/C12H12F2N4O2/c13-9-2-1-3-10(11(9)14)17-12(20)16-8-6-15-18(7-8)4-5-19/h1-3,6-7,19H,4-5H2,(H2,16,17,20). The maximum absolute atomic E-state index is 13.3. The van der Waals surface area contributed by atoms with Crippen molar-refractivity contribution in [2.24, 2.45) is 0 Å². The number of aliphatic hydroxyl groups is 1. The fourth-order valence-corrected chi connectivity index (χ4v) is 1.54. The average molecular weight is 282 g/mol. The second kappa shape index (κ2) is 6.11. The van der Waals surface area contributed by atoms with Crippen molar-refractivity contribution in [3.63, 3.8) is 0 Å². The second-order valence-corrected chi connectivity index (χ2v) is 3.90. The van der Waals surface area contributed by atoms with Gasteiger partial charge in [0.25, 0.3) is 0 Å². The maximum Gasteiger partial charge on any atom is 0.323 e. The molecule has 0 unspecified atom stereocenters. The highest BCUT2D eigenvalue weighted by Gasteiger charge is 2.11. The van der Waals surface area contributed by atoms with Crippen LogP contribution in [-0.4, -0.2) is 27.5 Å². The van der Waals surface area contributed by atoms with Crippen molar-refractivity contribution in [2.75, 3.05) is 17.2 Å². The van der Waals surface area contributed by atoms with Crippen LogP contribution in [-0.2, 0) is 6.54 Å². The summed E-state index contributed by atoms with van der Waals surface area (Å²) in [6, 6.07) is 2.76. The quantitative estimate of drug-likeness (QED) is 0.800. The third-order valence-electron chi connectivity index (χ3n) is 2.42. The van der Waals surface area contributed by atoms with Crippen molar-refractivity contribution < 1.29 is 18.7 Å². The van der Waals surface area contributed by atoms with Gasteiger partial charge >= 0.3 is 6.03 Å². The summed E-state index contributed by atoms with van der Waals surface area (Å²) < 4.78 is 27.7. The molecule has 0 bridgehead atoms. The Hall–Kier alpha value is -2.48. The number of rotatable bonds is 4. The highest BCUT2D eigenvalue weighted by atomic mass is 19.2. The number of aromatic nitrogens is 2. The first kappa shape index (κ1) is 13.9. The minimum Gasteiger partial charge on any atom is -0.394 e. The van der Waals surface area contributed by atoms with Gasteiger partial charge in [-0.1, -0.05) is 6.07 Å². The fourth-order valence-electron chi connectivity index (χ4n) is 1.54. The SMILES string of the molecule is O=C(Nc1cnn(CCO)c1)Nc1cccc(F)c1F. The number of nitrogens with one attached hydrogen (secondary N) is 2. The minimum absolute atomic E-state index is 0.0815. The zero-order valence-electron chi connectivity index (χ0n) is 10.3. The first-order valence-electron chi connectivity index (χ1n) is 5.75. The first-order valence-corrected chi connectivity index (χ1v) is 5.75. The van der Waals surface area contributed by atoms with Crippen molar-refractivity contribution in [1.82, 2.24) is 9.78 Å². The summed E-state index contributed by atoms with van der Waals surface area (Å²) in [5, 5.41) is 17.2. The molecule has 2 amide bonds. The van der Waals surface area contributed by atoms with E-state index in [0.29, 0.717) is 12.2 Å². The summed E-state index contributed by atoms with van der Waals surface area (Å²) in [6.07, 6.45) is 2.87. The van der Waals surface area contributed by atoms with E-state index in [9.17, 15) is 13.6 Å². The number of aliphatic hydroxyl groups excluding tert-OH is 1. The molecule has 0 saturated heterocycles. The lowest BCUT2D eigenvalue weighted by Crippen LogP contribution is -2.20. The zero-order chi connectivity index (χ0) is 14.5. The van der Waals surface area contributed by atoms with E-state index in [1.165, 1.54) is 29.2 Å². The Morgan fingerprint density at radius 2 is 2.15 bits per heavy atom. The molecule has 1 aromatic carbocycles. The van der Waals surface area contributed by atoms with Gasteiger partial charge in [-0.25, -0.2) is 13.6 Å². The normalized spacial score (nSPS) is 10.3. The van der Waals surface area contributed by atoms with Gasteiger partial charge in [0.05, 0.1) is 30.7 Å². The molecule has 0 aliphatic rings. The summed E-state index contributed by atoms with van der Waals surface area (Å²) >= 11 is 0. The van der Waals surface area contributed by atoms with Crippen LogP contribution in [0.3, 0.4) is 0 Å². The van der Waals surface area contributed by atoms with Gasteiger partial charge in [-0.15, -0.1) is 0 Å². The summed E-state index contributed by atoms with van der Waals surface area (Å²) in [7, 11) is 0. The van der Waals surface area contributed by atoms with Crippen LogP contribution in [0.4, 0.5) is 25.0 Å². The molecular weight excluding hydrogens is 270 g/mol. The highest BCUT2D eigenvalue weighted by Crippen LogP contribution is 2.16. The van der Waals surface area contributed by atoms with Crippen LogP contribution >= 0.6 is 0 Å². The van der Waals surface area contributed by atoms with E-state index in [0.717, 1.165) is 6.07 Å². The van der Waals surface area contributed by atoms with Gasteiger partial charge in [0, 0.05) is 6.20 Å². The van der Waals surface area contributed by atoms with Gasteiger partial charge in [0.1, 0.15) is 0 Å². The Morgan fingerprint density at radius 1 is 1.35 bits per heavy atom. The third-order valence-corrected chi connectivity index (χ3v) is 2.42. The molecule has 0 atom stereocenters. The molecule has 0 aliphatic heterocycles. The van der Waals surface area contributed by atoms with Crippen molar-refractivity contribution in [3.8, 4) is 0 Å². The maximum atomic E-state index is 13.3. The molecule has 0 radical (unpaired) electrons. The number of hydrogen-bond acceptors (Lipinski definition) is 3. The Morgan fingerprint density at radius 3 is 2.90 bits per heavy atom. The molecule has 3 N–H and O–H groups in total. The predicted octanol–water partition coefficient (Wildman–Crippen LogP) is 1.80. The third kappa shape index (κ3) is 3.29. The molecule has 0 saturated carbocycles. The van der Waals surface area contributed by atoms with Crippen molar-refractivity contribution in [2.45, 2.75) is 6.54 Å². The Labute approximate surface area is 113 Å². The number of anilines is 2. The second-order valence-electron chi connectivity index (χ2n) is 3.90. The summed E-state index contributed by atoms with van der Waals surface area (Å²) in [5.74, 6) is -2.17. The smallest absolute Gasteiger partial charge is 0.323 e. The number of halogens is 2. The Bertz CT molecular complexity index is 615. The van der Waals surface area contributed by atoms with Crippen molar-refractivity contribution in [1.29, 1.82) is 0 Å². The molecule has 1 aromatic heterocycles. The Kier molecular flexibility index (Phi) is 4.26. The summed E-state index contributed by atoms with van der Waals surface area (Å²) in [6.45, 7) is 0.212. The molecule has 1 heterocycles. The molecule has 2 aromatic rings. The Balaban J connectivity index is 1.99. The van der Waals surface area contributed by atoms with Crippen LogP contribution in [0.2, 0.25) is 0 Å². The zero-order valence-corrected chi connectivity index (χ0v) is 10.3. The lowest BCUT2D eigenvalue weighted by molar-refractivity contribution is 0.262. The molecule has 6 nitrogen and oxygen atoms in total. The molecule has 0 aliphatic carbocycles. The highest BCUT2D eigenvalue weighted by molar-refractivity contribution is 5.99. The van der Waals surface area contributed by atoms with Gasteiger partial charge in [-0.2, -0.15) is 5.10 Å². The van der Waals surface area contributed by atoms with Crippen molar-refractivity contribution >= 4 is 17.4 Å². The largest absolute Gasteiger partial charge is 0.394 e. The van der Waals surface area contributed by atoms with E-state index in [1.54, 1.807) is 0 Å². The van der Waals surface area contributed by atoms with E-state index in [-0.39, 0.29) is 12.3 Å². The number of carbonyl (C=O) groups is 1. The van der Waals surface area contributed by atoms with Gasteiger partial charge in [0.2, 0.25) is 0 Å². The van der Waals surface area contributed by atoms with Crippen LogP contribution in [0.25, 0.3) is 0 Å². The monoisotopic (exact) mass is 282 g/mol. The van der Waals surface area contributed by atoms with E-state index in [2.05, 4.69) is 15.7 Å². The topological polar surface area (TPSA) is 79.2 Å². The minimum atomic E-state index is -1.13. The summed E-state index contributed by atoms with van der Waals surface area (Å²) in [4.78, 5) is 11.6. The molecular formula is C12H12F2N4O2. The van der Waals surface area contributed by atoms with Gasteiger partial charge in [-0.05, 0) is 12.1 Å². The van der Waals surface area contributed by atoms with E-state index >= 15 is 0 Å². The van der Waals surface area contributed by atoms with Crippen molar-refractivity contribution in [3.05, 3.63) is 42.2 Å². The van der Waals surface area contributed by atoms with E-state index in [4.69, 9.17) is 5.11 Å². The molecule has 0 spiro atoms. The molecule has 0 fully saturated rings. The van der Waals surface area contributed by atoms with Crippen LogP contribution in [0, 0.1) is 11.6 Å². The van der Waals surface area contributed by atoms with Gasteiger partial charge in [-0.3, -0.25) is 4.68 Å². The first-order chi connectivity index (χ1) is 9.60. The lowest BCUT2D eigenvalue weighted by atomic mass is 10.3. The van der Waals surface area contributed by atoms with Gasteiger partial charge < -0.3 is 15.7 Å². The van der Waals surface area contributed by atoms with Crippen LogP contribution < -0.4 is 10.6 Å². The fraction of sp³-hybridized carbons (Fsp3) is 0.167. The number of carbonyl (C=O) groups excluding carboxylic acids is 1. The molecule has 8 heteroatoms. The van der Waals surface area contributed by atoms with E-state index in [1.807, 2.05) is 0 Å². The van der Waals surface area contributed by atoms with Crippen LogP contribution in [0.5, 0.6) is 0 Å². The van der Waals surface area contributed by atoms with Crippen LogP contribution in [0.1, 0.15) is 0 Å². The summed E-state index contributed by atoms with van der Waals surface area (Å²) in [5.41, 5.74) is 0.109. The average Bonchev–Trinajstić information content (AvgIpc) is 2.83. The van der Waals surface area contributed by atoms with Crippen LogP contribution in [0.15, 0.2) is 30.6 Å². The number of hydrogen-bond donors (Lipinski definition) is 3. The lowest BCUT2D eigenvalue weighted by Gasteiger charge is -2.07. The molecule has 2 rings (SSSR count). The number of nitrogens with zero attached hydrogens (tertiary/aromatic N) is 2. The molecule has 106 valence electrons. The number of amides is 2. The number of urea groups is 1. The van der Waals surface area contributed by atoms with Gasteiger partial charge in [0.15, 0.2) is 11.6 Å². The van der Waals surface area contributed by atoms with E-state index < -0.39 is 17.7 Å². The number of benzene rings is 1.